The summed E-state index contributed by atoms with van der Waals surface area (Å²) in [6, 6.07) is 6.50. The van der Waals surface area contributed by atoms with Crippen LogP contribution in [0.25, 0.3) is 10.1 Å². The van der Waals surface area contributed by atoms with Crippen molar-refractivity contribution in [1.29, 1.82) is 5.26 Å². The van der Waals surface area contributed by atoms with Crippen LogP contribution >= 0.6 is 22.9 Å². The molecule has 30 heavy (non-hydrogen) atoms. The first-order valence-electron chi connectivity index (χ1n) is 8.51. The summed E-state index contributed by atoms with van der Waals surface area (Å²) in [4.78, 5) is 23.7. The zero-order chi connectivity index (χ0) is 22.0. The fraction of sp³-hybridized carbons (Fsp3) is 0.150. The van der Waals surface area contributed by atoms with Crippen LogP contribution in [0.4, 0.5) is 8.78 Å². The summed E-state index contributed by atoms with van der Waals surface area (Å²) in [7, 11) is 0. The molecule has 0 unspecified atom stereocenters. The third-order valence-corrected chi connectivity index (χ3v) is 5.67. The largest absolute Gasteiger partial charge is 0.483 e. The summed E-state index contributed by atoms with van der Waals surface area (Å²) in [6.45, 7) is 1.29. The number of hydrogen-bond acceptors (Lipinski definition) is 6. The summed E-state index contributed by atoms with van der Waals surface area (Å²) < 4.78 is 39.3. The van der Waals surface area contributed by atoms with Gasteiger partial charge in [0.05, 0.1) is 16.9 Å². The lowest BCUT2D eigenvalue weighted by Gasteiger charge is -2.11. The fourth-order valence-electron chi connectivity index (χ4n) is 2.79. The molecule has 0 fully saturated rings. The molecule has 6 nitrogen and oxygen atoms in total. The molecule has 0 saturated carbocycles. The van der Waals surface area contributed by atoms with E-state index in [9.17, 15) is 23.6 Å². The Morgan fingerprint density at radius 1 is 1.27 bits per heavy atom. The van der Waals surface area contributed by atoms with E-state index in [4.69, 9.17) is 26.8 Å². The van der Waals surface area contributed by atoms with Crippen molar-refractivity contribution >= 4 is 44.9 Å². The van der Waals surface area contributed by atoms with E-state index in [2.05, 4.69) is 0 Å². The number of benzene rings is 2. The van der Waals surface area contributed by atoms with E-state index >= 15 is 0 Å². The van der Waals surface area contributed by atoms with Crippen molar-refractivity contribution in [2.75, 3.05) is 6.61 Å². The Morgan fingerprint density at radius 2 is 1.93 bits per heavy atom. The Hall–Kier alpha value is -3.22. The smallest absolute Gasteiger partial charge is 0.348 e. The molecular weight excluding hydrogens is 438 g/mol. The van der Waals surface area contributed by atoms with E-state index in [0.717, 1.165) is 23.5 Å². The number of ether oxygens (including phenoxy) is 2. The van der Waals surface area contributed by atoms with E-state index in [1.807, 2.05) is 6.07 Å². The highest BCUT2D eigenvalue weighted by molar-refractivity contribution is 7.21. The number of halogens is 3. The maximum atomic E-state index is 14.3. The predicted molar refractivity (Wildman–Crippen MR) is 107 cm³/mol. The van der Waals surface area contributed by atoms with Gasteiger partial charge in [0.2, 0.25) is 5.91 Å². The third-order valence-electron chi connectivity index (χ3n) is 4.11. The minimum absolute atomic E-state index is 0.101. The minimum Gasteiger partial charge on any atom is -0.483 e. The number of amides is 1. The van der Waals surface area contributed by atoms with E-state index in [-0.39, 0.29) is 33.2 Å². The Kier molecular flexibility index (Phi) is 6.20. The van der Waals surface area contributed by atoms with Gasteiger partial charge in [-0.15, -0.1) is 11.3 Å². The minimum atomic E-state index is -1.13. The van der Waals surface area contributed by atoms with Crippen molar-refractivity contribution in [3.63, 3.8) is 0 Å². The Labute approximate surface area is 178 Å². The SMILES string of the molecule is CCOC(=O)c1sc2c(C#N)ccc(Cl)c2c1COc1c(F)cc(C(N)=O)cc1F. The molecule has 1 aromatic heterocycles. The standard InChI is InChI=1S/C20H13ClF2N2O4S/c1-2-28-20(27)18-11(15-12(21)4-3-9(7-24)17(15)30-18)8-29-16-13(22)5-10(19(25)26)6-14(16)23/h3-6H,2,8H2,1H3,(H2,25,26). The van der Waals surface area contributed by atoms with Gasteiger partial charge in [-0.05, 0) is 31.2 Å². The molecule has 2 N–H and O–H groups in total. The first-order chi connectivity index (χ1) is 14.3. The van der Waals surface area contributed by atoms with Gasteiger partial charge in [0.1, 0.15) is 17.6 Å². The second kappa shape index (κ2) is 8.65. The lowest BCUT2D eigenvalue weighted by atomic mass is 10.1. The zero-order valence-electron chi connectivity index (χ0n) is 15.4. The van der Waals surface area contributed by atoms with Gasteiger partial charge in [0.15, 0.2) is 17.4 Å². The number of primary amides is 1. The van der Waals surface area contributed by atoms with E-state index in [0.29, 0.717) is 10.1 Å². The van der Waals surface area contributed by atoms with Crippen LogP contribution in [0.5, 0.6) is 5.75 Å². The van der Waals surface area contributed by atoms with Crippen LogP contribution in [0.15, 0.2) is 24.3 Å². The van der Waals surface area contributed by atoms with Crippen molar-refractivity contribution < 1.29 is 27.8 Å². The number of nitriles is 1. The molecule has 154 valence electrons. The lowest BCUT2D eigenvalue weighted by molar-refractivity contribution is 0.0529. The lowest BCUT2D eigenvalue weighted by Crippen LogP contribution is -2.13. The van der Waals surface area contributed by atoms with Crippen LogP contribution in [0, 0.1) is 23.0 Å². The van der Waals surface area contributed by atoms with Crippen molar-refractivity contribution in [1.82, 2.24) is 0 Å². The first kappa shape index (κ1) is 21.5. The number of nitrogens with zero attached hydrogens (tertiary/aromatic N) is 1. The molecule has 0 aliphatic carbocycles. The van der Waals surface area contributed by atoms with Gasteiger partial charge in [0, 0.05) is 21.5 Å². The second-order valence-electron chi connectivity index (χ2n) is 5.96. The Bertz CT molecular complexity index is 1200. The Morgan fingerprint density at radius 3 is 2.50 bits per heavy atom. The van der Waals surface area contributed by atoms with Crippen molar-refractivity contribution in [2.24, 2.45) is 5.73 Å². The van der Waals surface area contributed by atoms with Crippen molar-refractivity contribution in [3.8, 4) is 11.8 Å². The number of rotatable bonds is 6. The molecule has 10 heteroatoms. The van der Waals surface area contributed by atoms with Gasteiger partial charge >= 0.3 is 5.97 Å². The predicted octanol–water partition coefficient (Wildman–Crippen LogP) is 4.56. The summed E-state index contributed by atoms with van der Waals surface area (Å²) >= 11 is 7.25. The molecule has 0 radical (unpaired) electrons. The number of esters is 1. The number of hydrogen-bond donors (Lipinski definition) is 1. The molecule has 2 aromatic carbocycles. The number of fused-ring (bicyclic) bond motifs is 1. The van der Waals surface area contributed by atoms with Gasteiger partial charge in [-0.2, -0.15) is 5.26 Å². The summed E-state index contributed by atoms with van der Waals surface area (Å²) in [5, 5.41) is 9.94. The van der Waals surface area contributed by atoms with Crippen LogP contribution < -0.4 is 10.5 Å². The Balaban J connectivity index is 2.10. The van der Waals surface area contributed by atoms with E-state index in [1.54, 1.807) is 6.92 Å². The molecule has 0 spiro atoms. The van der Waals surface area contributed by atoms with Gasteiger partial charge in [-0.3, -0.25) is 4.79 Å². The molecule has 0 aliphatic rings. The number of carbonyl (C=O) groups is 2. The summed E-state index contributed by atoms with van der Waals surface area (Å²) in [5.41, 5.74) is 5.19. The molecule has 3 aromatic rings. The molecule has 0 bridgehead atoms. The number of nitrogens with two attached hydrogens (primary N) is 1. The molecule has 0 saturated heterocycles. The van der Waals surface area contributed by atoms with Crippen LogP contribution in [-0.4, -0.2) is 18.5 Å². The van der Waals surface area contributed by atoms with Crippen molar-refractivity contribution in [3.05, 3.63) is 62.5 Å². The molecule has 1 amide bonds. The highest BCUT2D eigenvalue weighted by atomic mass is 35.5. The molecule has 3 rings (SSSR count). The number of carbonyl (C=O) groups excluding carboxylic acids is 2. The zero-order valence-corrected chi connectivity index (χ0v) is 17.0. The molecule has 0 aliphatic heterocycles. The van der Waals surface area contributed by atoms with Gasteiger partial charge in [-0.25, -0.2) is 13.6 Å². The first-order valence-corrected chi connectivity index (χ1v) is 9.70. The van der Waals surface area contributed by atoms with Crippen LogP contribution in [0.2, 0.25) is 5.02 Å². The maximum Gasteiger partial charge on any atom is 0.348 e. The highest BCUT2D eigenvalue weighted by Crippen LogP contribution is 2.39. The summed E-state index contributed by atoms with van der Waals surface area (Å²) in [5.74, 6) is -4.69. The quantitative estimate of drug-likeness (QED) is 0.554. The summed E-state index contributed by atoms with van der Waals surface area (Å²) in [6.07, 6.45) is 0. The third kappa shape index (κ3) is 3.92. The second-order valence-corrected chi connectivity index (χ2v) is 7.39. The molecule has 0 atom stereocenters. The van der Waals surface area contributed by atoms with E-state index in [1.165, 1.54) is 12.1 Å². The monoisotopic (exact) mass is 450 g/mol. The van der Waals surface area contributed by atoms with Crippen LogP contribution in [-0.2, 0) is 11.3 Å². The number of thiophene rings is 1. The van der Waals surface area contributed by atoms with E-state index < -0.39 is 35.9 Å². The maximum absolute atomic E-state index is 14.3. The van der Waals surface area contributed by atoms with Gasteiger partial charge < -0.3 is 15.2 Å². The average Bonchev–Trinajstić information content (AvgIpc) is 3.08. The van der Waals surface area contributed by atoms with Crippen LogP contribution in [0.3, 0.4) is 0 Å². The average molecular weight is 451 g/mol. The molecular formula is C20H13ClF2N2O4S. The molecule has 1 heterocycles. The topological polar surface area (TPSA) is 102 Å². The normalized spacial score (nSPS) is 10.6. The fourth-order valence-corrected chi connectivity index (χ4v) is 4.31. The van der Waals surface area contributed by atoms with Crippen molar-refractivity contribution in [2.45, 2.75) is 13.5 Å². The van der Waals surface area contributed by atoms with Crippen LogP contribution in [0.1, 0.15) is 38.1 Å². The van der Waals surface area contributed by atoms with Gasteiger partial charge in [-0.1, -0.05) is 11.6 Å². The van der Waals surface area contributed by atoms with Gasteiger partial charge in [0.25, 0.3) is 0 Å². The highest BCUT2D eigenvalue weighted by Gasteiger charge is 2.25.